The molecule has 1 atom stereocenters. The summed E-state index contributed by atoms with van der Waals surface area (Å²) in [6.07, 6.45) is 1.51. The lowest BCUT2D eigenvalue weighted by atomic mass is 10.2. The van der Waals surface area contributed by atoms with Crippen LogP contribution in [0.5, 0.6) is 0 Å². The molecule has 1 aliphatic heterocycles. The Labute approximate surface area is 150 Å². The summed E-state index contributed by atoms with van der Waals surface area (Å²) < 4.78 is 5.20. The molecule has 1 fully saturated rings. The number of para-hydroxylation sites is 1. The number of fused-ring (bicyclic) bond motifs is 1. The minimum Gasteiger partial charge on any atom is -0.459 e. The third kappa shape index (κ3) is 3.01. The fourth-order valence-corrected chi connectivity index (χ4v) is 3.49. The average Bonchev–Trinajstić information content (AvgIpc) is 3.22. The van der Waals surface area contributed by atoms with E-state index in [1.54, 1.807) is 18.2 Å². The van der Waals surface area contributed by atoms with Crippen molar-refractivity contribution in [2.24, 2.45) is 0 Å². The summed E-state index contributed by atoms with van der Waals surface area (Å²) in [6, 6.07) is 10.8. The molecule has 0 radical (unpaired) electrons. The van der Waals surface area contributed by atoms with E-state index in [-0.39, 0.29) is 17.5 Å². The molecule has 1 aromatic carbocycles. The number of hydrogen-bond donors (Lipinski definition) is 2. The van der Waals surface area contributed by atoms with Crippen LogP contribution in [0.4, 0.5) is 0 Å². The number of nitrogens with one attached hydrogen (secondary N) is 2. The quantitative estimate of drug-likeness (QED) is 0.723. The van der Waals surface area contributed by atoms with Crippen molar-refractivity contribution in [1.29, 1.82) is 0 Å². The molecule has 1 saturated heterocycles. The van der Waals surface area contributed by atoms with E-state index in [4.69, 9.17) is 4.42 Å². The number of amides is 1. The lowest BCUT2D eigenvalue weighted by Crippen LogP contribution is -3.14. The lowest BCUT2D eigenvalue weighted by Gasteiger charge is -2.34. The van der Waals surface area contributed by atoms with Gasteiger partial charge >= 0.3 is 0 Å². The van der Waals surface area contributed by atoms with Crippen LogP contribution >= 0.6 is 0 Å². The Hall–Kier alpha value is -2.93. The fourth-order valence-electron chi connectivity index (χ4n) is 3.49. The molecule has 26 heavy (non-hydrogen) atoms. The maximum Gasteiger partial charge on any atom is 0.289 e. The molecule has 1 amide bonds. The molecule has 2 N–H and O–H groups in total. The molecule has 0 spiro atoms. The van der Waals surface area contributed by atoms with Crippen LogP contribution < -0.4 is 10.5 Å². The van der Waals surface area contributed by atoms with Gasteiger partial charge in [-0.05, 0) is 31.2 Å². The first kappa shape index (κ1) is 16.5. The van der Waals surface area contributed by atoms with Gasteiger partial charge in [-0.3, -0.25) is 9.59 Å². The van der Waals surface area contributed by atoms with E-state index in [1.807, 2.05) is 23.1 Å². The maximum atomic E-state index is 12.4. The monoisotopic (exact) mass is 353 g/mol. The first-order chi connectivity index (χ1) is 12.6. The second-order valence-electron chi connectivity index (χ2n) is 6.62. The first-order valence-electron chi connectivity index (χ1n) is 8.80. The van der Waals surface area contributed by atoms with Crippen molar-refractivity contribution in [2.75, 3.05) is 26.2 Å². The van der Waals surface area contributed by atoms with Crippen molar-refractivity contribution < 1.29 is 14.1 Å². The van der Waals surface area contributed by atoms with Gasteiger partial charge in [-0.1, -0.05) is 12.1 Å². The first-order valence-corrected chi connectivity index (χ1v) is 8.80. The predicted molar refractivity (Wildman–Crippen MR) is 96.1 cm³/mol. The van der Waals surface area contributed by atoms with Crippen LogP contribution in [0.3, 0.4) is 0 Å². The van der Waals surface area contributed by atoms with Crippen LogP contribution in [-0.4, -0.2) is 47.0 Å². The summed E-state index contributed by atoms with van der Waals surface area (Å²) in [4.78, 5) is 35.3. The third-order valence-electron chi connectivity index (χ3n) is 5.08. The van der Waals surface area contributed by atoms with E-state index in [2.05, 4.69) is 16.9 Å². The van der Waals surface area contributed by atoms with Crippen molar-refractivity contribution in [3.8, 4) is 0 Å². The van der Waals surface area contributed by atoms with Gasteiger partial charge in [0.2, 0.25) is 0 Å². The minimum absolute atomic E-state index is 0.0492. The molecule has 134 valence electrons. The van der Waals surface area contributed by atoms with E-state index >= 15 is 0 Å². The van der Waals surface area contributed by atoms with Gasteiger partial charge in [0.25, 0.3) is 11.5 Å². The average molecular weight is 353 g/mol. The maximum absolute atomic E-state index is 12.4. The van der Waals surface area contributed by atoms with Crippen molar-refractivity contribution in [3.63, 3.8) is 0 Å². The van der Waals surface area contributed by atoms with Gasteiger partial charge in [0.15, 0.2) is 11.6 Å². The molecular formula is C19H21N4O3+. The zero-order valence-electron chi connectivity index (χ0n) is 14.6. The molecule has 4 rings (SSSR count). The Morgan fingerprint density at radius 3 is 2.73 bits per heavy atom. The van der Waals surface area contributed by atoms with Crippen LogP contribution in [0, 0.1) is 0 Å². The van der Waals surface area contributed by atoms with E-state index in [0.717, 1.165) is 13.1 Å². The highest BCUT2D eigenvalue weighted by Crippen LogP contribution is 2.10. The highest BCUT2D eigenvalue weighted by Gasteiger charge is 2.30. The molecule has 0 saturated carbocycles. The Bertz CT molecular complexity index is 972. The number of carbonyl (C=O) groups excluding carboxylic acids is 1. The third-order valence-corrected chi connectivity index (χ3v) is 5.08. The SMILES string of the molecule is C[C@H](c1nc2ccccc2c(=O)[nH]1)[NH+]1CCN(C(=O)c2ccco2)CC1. The molecule has 3 aromatic rings. The van der Waals surface area contributed by atoms with E-state index in [9.17, 15) is 9.59 Å². The number of aromatic amines is 1. The van der Waals surface area contributed by atoms with Crippen molar-refractivity contribution >= 4 is 16.8 Å². The molecule has 0 bridgehead atoms. The smallest absolute Gasteiger partial charge is 0.289 e. The number of rotatable bonds is 3. The van der Waals surface area contributed by atoms with E-state index in [0.29, 0.717) is 35.6 Å². The summed E-state index contributed by atoms with van der Waals surface area (Å²) in [5.41, 5.74) is 0.604. The van der Waals surface area contributed by atoms with Crippen LogP contribution in [0.25, 0.3) is 10.9 Å². The fraction of sp³-hybridized carbons (Fsp3) is 0.316. The number of H-pyrrole nitrogens is 1. The van der Waals surface area contributed by atoms with Crippen LogP contribution in [-0.2, 0) is 0 Å². The van der Waals surface area contributed by atoms with Gasteiger partial charge in [-0.2, -0.15) is 0 Å². The number of furan rings is 1. The Kier molecular flexibility index (Phi) is 4.30. The molecule has 7 nitrogen and oxygen atoms in total. The molecule has 1 aliphatic rings. The topological polar surface area (TPSA) is 83.6 Å². The summed E-state index contributed by atoms with van der Waals surface area (Å²) in [6.45, 7) is 4.95. The van der Waals surface area contributed by atoms with Crippen LogP contribution in [0.15, 0.2) is 51.9 Å². The van der Waals surface area contributed by atoms with E-state index in [1.165, 1.54) is 11.2 Å². The van der Waals surface area contributed by atoms with Gasteiger partial charge in [0.05, 0.1) is 43.3 Å². The number of carbonyl (C=O) groups is 1. The zero-order valence-corrected chi connectivity index (χ0v) is 14.6. The molecule has 3 heterocycles. The number of quaternary nitrogens is 1. The summed E-state index contributed by atoms with van der Waals surface area (Å²) in [5, 5.41) is 0.604. The molecule has 0 aliphatic carbocycles. The van der Waals surface area contributed by atoms with Gasteiger partial charge in [0.1, 0.15) is 6.04 Å². The summed E-state index contributed by atoms with van der Waals surface area (Å²) >= 11 is 0. The van der Waals surface area contributed by atoms with Gasteiger partial charge < -0.3 is 19.2 Å². The van der Waals surface area contributed by atoms with Crippen molar-refractivity contribution in [2.45, 2.75) is 13.0 Å². The molecule has 2 aromatic heterocycles. The van der Waals surface area contributed by atoms with Gasteiger partial charge in [0, 0.05) is 0 Å². The van der Waals surface area contributed by atoms with Crippen molar-refractivity contribution in [1.82, 2.24) is 14.9 Å². The normalized spacial score (nSPS) is 16.7. The van der Waals surface area contributed by atoms with Crippen LogP contribution in [0.1, 0.15) is 29.3 Å². The lowest BCUT2D eigenvalue weighted by molar-refractivity contribution is -0.934. The Morgan fingerprint density at radius 2 is 2.00 bits per heavy atom. The van der Waals surface area contributed by atoms with Gasteiger partial charge in [-0.15, -0.1) is 0 Å². The standard InChI is InChI=1S/C19H20N4O3/c1-13(17-20-15-6-3-2-5-14(15)18(24)21-17)22-8-10-23(11-9-22)19(25)16-7-4-12-26-16/h2-7,12-13H,8-11H2,1H3,(H,20,21,24)/p+1/t13-/m1/s1. The largest absolute Gasteiger partial charge is 0.459 e. The predicted octanol–water partition coefficient (Wildman–Crippen LogP) is 0.618. The van der Waals surface area contributed by atoms with E-state index < -0.39 is 0 Å². The van der Waals surface area contributed by atoms with Gasteiger partial charge in [-0.25, -0.2) is 4.98 Å². The second kappa shape index (κ2) is 6.76. The van der Waals surface area contributed by atoms with Crippen molar-refractivity contribution in [3.05, 3.63) is 64.6 Å². The molecule has 7 heteroatoms. The molecular weight excluding hydrogens is 332 g/mol. The number of nitrogens with zero attached hydrogens (tertiary/aromatic N) is 2. The highest BCUT2D eigenvalue weighted by atomic mass is 16.3. The zero-order chi connectivity index (χ0) is 18.1. The number of piperazine rings is 1. The second-order valence-corrected chi connectivity index (χ2v) is 6.62. The minimum atomic E-state index is -0.108. The number of hydrogen-bond acceptors (Lipinski definition) is 4. The Balaban J connectivity index is 1.48. The Morgan fingerprint density at radius 1 is 1.23 bits per heavy atom. The number of aromatic nitrogens is 2. The summed E-state index contributed by atoms with van der Waals surface area (Å²) in [7, 11) is 0. The summed E-state index contributed by atoms with van der Waals surface area (Å²) in [5.74, 6) is 0.996. The number of benzene rings is 1. The molecule has 0 unspecified atom stereocenters. The highest BCUT2D eigenvalue weighted by molar-refractivity contribution is 5.91. The van der Waals surface area contributed by atoms with Crippen LogP contribution in [0.2, 0.25) is 0 Å².